The van der Waals surface area contributed by atoms with Gasteiger partial charge in [-0.1, -0.05) is 13.8 Å². The van der Waals surface area contributed by atoms with Crippen LogP contribution in [-0.2, 0) is 14.1 Å². The molecule has 18 heavy (non-hydrogen) atoms. The van der Waals surface area contributed by atoms with E-state index in [4.69, 9.17) is 0 Å². The number of benzene rings is 1. The molecule has 0 radical (unpaired) electrons. The van der Waals surface area contributed by atoms with Crippen molar-refractivity contribution in [3.05, 3.63) is 33.7 Å². The zero-order valence-corrected chi connectivity index (χ0v) is 11.6. The van der Waals surface area contributed by atoms with Crippen LogP contribution in [0.2, 0.25) is 0 Å². The van der Waals surface area contributed by atoms with E-state index in [0.717, 1.165) is 22.2 Å². The van der Waals surface area contributed by atoms with Gasteiger partial charge in [-0.2, -0.15) is 0 Å². The Morgan fingerprint density at radius 2 is 1.61 bits per heavy atom. The predicted molar refractivity (Wildman–Crippen MR) is 72.7 cm³/mol. The van der Waals surface area contributed by atoms with E-state index in [9.17, 15) is 9.90 Å². The van der Waals surface area contributed by atoms with Gasteiger partial charge in [0.05, 0.1) is 17.1 Å². The molecule has 0 saturated heterocycles. The maximum atomic E-state index is 11.9. The molecule has 1 N–H and O–H groups in total. The lowest BCUT2D eigenvalue weighted by molar-refractivity contribution is 0.126. The number of aliphatic hydroxyl groups is 1. The predicted octanol–water partition coefficient (Wildman–Crippen LogP) is 1.87. The summed E-state index contributed by atoms with van der Waals surface area (Å²) in [7, 11) is 3.52. The van der Waals surface area contributed by atoms with Gasteiger partial charge in [0.15, 0.2) is 0 Å². The van der Waals surface area contributed by atoms with Gasteiger partial charge in [0, 0.05) is 14.1 Å². The summed E-state index contributed by atoms with van der Waals surface area (Å²) in [5, 5.41) is 10.2. The van der Waals surface area contributed by atoms with Crippen molar-refractivity contribution in [3.63, 3.8) is 0 Å². The summed E-state index contributed by atoms with van der Waals surface area (Å²) < 4.78 is 3.25. The van der Waals surface area contributed by atoms with E-state index in [2.05, 4.69) is 0 Å². The Hall–Kier alpha value is -1.55. The van der Waals surface area contributed by atoms with Crippen molar-refractivity contribution in [3.8, 4) is 0 Å². The summed E-state index contributed by atoms with van der Waals surface area (Å²) in [5.74, 6) is 0.155. The maximum Gasteiger partial charge on any atom is 0.328 e. The minimum Gasteiger partial charge on any atom is -0.388 e. The summed E-state index contributed by atoms with van der Waals surface area (Å²) >= 11 is 0. The third-order valence-corrected chi connectivity index (χ3v) is 3.61. The summed E-state index contributed by atoms with van der Waals surface area (Å²) in [5.41, 5.74) is 3.65. The van der Waals surface area contributed by atoms with Crippen LogP contribution in [0.1, 0.15) is 31.1 Å². The van der Waals surface area contributed by atoms with E-state index < -0.39 is 6.10 Å². The molecule has 0 spiro atoms. The zero-order chi connectivity index (χ0) is 13.6. The van der Waals surface area contributed by atoms with Crippen LogP contribution in [0.4, 0.5) is 0 Å². The molecule has 0 aliphatic heterocycles. The number of fused-ring (bicyclic) bond motifs is 1. The number of hydrogen-bond donors (Lipinski definition) is 1. The Morgan fingerprint density at radius 3 is 2.11 bits per heavy atom. The second kappa shape index (κ2) is 4.28. The fraction of sp³-hybridized carbons (Fsp3) is 0.500. The van der Waals surface area contributed by atoms with Gasteiger partial charge >= 0.3 is 5.69 Å². The Bertz CT molecular complexity index is 650. The molecule has 1 aromatic heterocycles. The van der Waals surface area contributed by atoms with Crippen molar-refractivity contribution in [2.75, 3.05) is 0 Å². The molecule has 1 heterocycles. The highest BCUT2D eigenvalue weighted by atomic mass is 16.3. The summed E-state index contributed by atoms with van der Waals surface area (Å²) in [6.45, 7) is 5.94. The molecule has 1 atom stereocenters. The lowest BCUT2D eigenvalue weighted by atomic mass is 9.95. The first kappa shape index (κ1) is 12.9. The smallest absolute Gasteiger partial charge is 0.328 e. The van der Waals surface area contributed by atoms with Crippen molar-refractivity contribution in [1.82, 2.24) is 9.13 Å². The van der Waals surface area contributed by atoms with Crippen molar-refractivity contribution >= 4 is 11.0 Å². The van der Waals surface area contributed by atoms with Crippen molar-refractivity contribution in [1.29, 1.82) is 0 Å². The lowest BCUT2D eigenvalue weighted by Gasteiger charge is -2.17. The standard InChI is InChI=1S/C14H20N2O2/c1-8(2)13(17)10-7-12-11(6-9(10)3)15(4)14(18)16(12)5/h6-8,13,17H,1-5H3. The molecule has 0 amide bonds. The molecule has 1 aromatic carbocycles. The number of aromatic nitrogens is 2. The van der Waals surface area contributed by atoms with Crippen LogP contribution in [0.3, 0.4) is 0 Å². The molecule has 0 saturated carbocycles. The lowest BCUT2D eigenvalue weighted by Crippen LogP contribution is -2.19. The van der Waals surface area contributed by atoms with Crippen LogP contribution in [0.15, 0.2) is 16.9 Å². The van der Waals surface area contributed by atoms with Crippen LogP contribution in [0.5, 0.6) is 0 Å². The molecule has 98 valence electrons. The molecular formula is C14H20N2O2. The zero-order valence-electron chi connectivity index (χ0n) is 11.6. The van der Waals surface area contributed by atoms with E-state index in [1.807, 2.05) is 32.9 Å². The van der Waals surface area contributed by atoms with Gasteiger partial charge in [-0.25, -0.2) is 4.79 Å². The molecule has 2 aromatic rings. The minimum absolute atomic E-state index is 0.0411. The van der Waals surface area contributed by atoms with E-state index in [1.165, 1.54) is 0 Å². The van der Waals surface area contributed by atoms with Crippen molar-refractivity contribution in [2.45, 2.75) is 26.9 Å². The number of rotatable bonds is 2. The second-order valence-electron chi connectivity index (χ2n) is 5.29. The Balaban J connectivity index is 2.77. The van der Waals surface area contributed by atoms with E-state index in [0.29, 0.717) is 0 Å². The van der Waals surface area contributed by atoms with Gasteiger partial charge in [-0.3, -0.25) is 9.13 Å². The summed E-state index contributed by atoms with van der Waals surface area (Å²) in [6, 6.07) is 3.90. The highest BCUT2D eigenvalue weighted by molar-refractivity contribution is 5.78. The van der Waals surface area contributed by atoms with Crippen LogP contribution < -0.4 is 5.69 Å². The Labute approximate surface area is 106 Å². The largest absolute Gasteiger partial charge is 0.388 e. The number of aryl methyl sites for hydroxylation is 3. The minimum atomic E-state index is -0.496. The summed E-state index contributed by atoms with van der Waals surface area (Å²) in [4.78, 5) is 11.9. The molecule has 0 aliphatic carbocycles. The second-order valence-corrected chi connectivity index (χ2v) is 5.29. The quantitative estimate of drug-likeness (QED) is 0.882. The van der Waals surface area contributed by atoms with Gasteiger partial charge in [-0.15, -0.1) is 0 Å². The number of nitrogens with zero attached hydrogens (tertiary/aromatic N) is 2. The molecule has 0 fully saturated rings. The number of hydrogen-bond acceptors (Lipinski definition) is 2. The van der Waals surface area contributed by atoms with Crippen molar-refractivity contribution in [2.24, 2.45) is 20.0 Å². The first-order valence-corrected chi connectivity index (χ1v) is 6.18. The van der Waals surface area contributed by atoms with Crippen LogP contribution in [-0.4, -0.2) is 14.2 Å². The van der Waals surface area contributed by atoms with Crippen LogP contribution >= 0.6 is 0 Å². The first-order valence-electron chi connectivity index (χ1n) is 6.18. The average molecular weight is 248 g/mol. The third-order valence-electron chi connectivity index (χ3n) is 3.61. The number of aliphatic hydroxyl groups excluding tert-OH is 1. The highest BCUT2D eigenvalue weighted by Gasteiger charge is 2.17. The molecule has 0 bridgehead atoms. The summed E-state index contributed by atoms with van der Waals surface area (Å²) in [6.07, 6.45) is -0.496. The average Bonchev–Trinajstić information content (AvgIpc) is 2.53. The Kier molecular flexibility index (Phi) is 3.07. The third kappa shape index (κ3) is 1.77. The molecule has 0 aliphatic rings. The van der Waals surface area contributed by atoms with Crippen LogP contribution in [0, 0.1) is 12.8 Å². The van der Waals surface area contributed by atoms with Crippen molar-refractivity contribution < 1.29 is 5.11 Å². The number of imidazole rings is 1. The highest BCUT2D eigenvalue weighted by Crippen LogP contribution is 2.27. The Morgan fingerprint density at radius 1 is 1.11 bits per heavy atom. The van der Waals surface area contributed by atoms with Gasteiger partial charge in [0.2, 0.25) is 0 Å². The monoisotopic (exact) mass is 248 g/mol. The van der Waals surface area contributed by atoms with Crippen LogP contribution in [0.25, 0.3) is 11.0 Å². The van der Waals surface area contributed by atoms with E-state index in [-0.39, 0.29) is 11.6 Å². The molecule has 4 nitrogen and oxygen atoms in total. The van der Waals surface area contributed by atoms with Gasteiger partial charge < -0.3 is 5.11 Å². The topological polar surface area (TPSA) is 47.2 Å². The fourth-order valence-corrected chi connectivity index (χ4v) is 2.34. The SMILES string of the molecule is Cc1cc2c(cc1C(O)C(C)C)n(C)c(=O)n2C. The first-order chi connectivity index (χ1) is 8.34. The van der Waals surface area contributed by atoms with Gasteiger partial charge in [0.25, 0.3) is 0 Å². The van der Waals surface area contributed by atoms with E-state index in [1.54, 1.807) is 23.2 Å². The molecule has 1 unspecified atom stereocenters. The molecular weight excluding hydrogens is 228 g/mol. The molecule has 2 rings (SSSR count). The normalized spacial score (nSPS) is 13.5. The van der Waals surface area contributed by atoms with Gasteiger partial charge in [-0.05, 0) is 36.1 Å². The maximum absolute atomic E-state index is 11.9. The van der Waals surface area contributed by atoms with Gasteiger partial charge in [0.1, 0.15) is 0 Å². The fourth-order valence-electron chi connectivity index (χ4n) is 2.34. The molecule has 4 heteroatoms. The van der Waals surface area contributed by atoms with E-state index >= 15 is 0 Å².